The molecule has 0 saturated heterocycles. The van der Waals surface area contributed by atoms with Gasteiger partial charge >= 0.3 is 0 Å². The molecule has 0 spiro atoms. The van der Waals surface area contributed by atoms with Crippen LogP contribution in [-0.2, 0) is 0 Å². The number of nitrogens with one attached hydrogen (secondary N) is 1. The Balaban J connectivity index is 1.20. The zero-order chi connectivity index (χ0) is 35.4. The van der Waals surface area contributed by atoms with Crippen LogP contribution in [0.5, 0.6) is 0 Å². The molecule has 6 aromatic rings. The second-order valence-corrected chi connectivity index (χ2v) is 12.3. The maximum Gasteiger partial charge on any atom is 0.0612 e. The van der Waals surface area contributed by atoms with E-state index in [1.807, 2.05) is 79.8 Å². The SMILES string of the molecule is C=C/C=C\C(=C/C)c1cc(C(=N)\C=C/C=C/C=C\C=C/C(N)c2ccc(-c3ccccc3)cc2)cc(-c2c3ccccc3cc3ccccc23)c1. The van der Waals surface area contributed by atoms with Gasteiger partial charge in [0.25, 0.3) is 0 Å². The van der Waals surface area contributed by atoms with Crippen LogP contribution in [0.2, 0.25) is 0 Å². The minimum Gasteiger partial charge on any atom is -0.321 e. The predicted octanol–water partition coefficient (Wildman–Crippen LogP) is 12.8. The molecule has 3 N–H and O–H groups in total. The monoisotopic (exact) mass is 658 g/mol. The number of allylic oxidation sites excluding steroid dienone is 12. The summed E-state index contributed by atoms with van der Waals surface area (Å²) in [4.78, 5) is 0. The molecule has 0 amide bonds. The van der Waals surface area contributed by atoms with E-state index < -0.39 is 0 Å². The lowest BCUT2D eigenvalue weighted by molar-refractivity contribution is 0.912. The van der Waals surface area contributed by atoms with E-state index in [1.165, 1.54) is 38.2 Å². The van der Waals surface area contributed by atoms with Crippen molar-refractivity contribution in [2.75, 3.05) is 0 Å². The van der Waals surface area contributed by atoms with Crippen molar-refractivity contribution in [1.29, 1.82) is 5.41 Å². The van der Waals surface area contributed by atoms with Gasteiger partial charge in [-0.25, -0.2) is 0 Å². The Bertz CT molecular complexity index is 2290. The van der Waals surface area contributed by atoms with Crippen molar-refractivity contribution in [2.24, 2.45) is 5.73 Å². The number of fused-ring (bicyclic) bond motifs is 2. The van der Waals surface area contributed by atoms with Gasteiger partial charge < -0.3 is 11.1 Å². The minimum absolute atomic E-state index is 0.188. The first kappa shape index (κ1) is 34.5. The second kappa shape index (κ2) is 16.8. The highest BCUT2D eigenvalue weighted by molar-refractivity contribution is 6.14. The van der Waals surface area contributed by atoms with Crippen molar-refractivity contribution < 1.29 is 0 Å². The number of hydrogen-bond acceptors (Lipinski definition) is 2. The molecule has 0 aromatic heterocycles. The van der Waals surface area contributed by atoms with Crippen LogP contribution in [0.3, 0.4) is 0 Å². The molecule has 0 aliphatic rings. The third-order valence-electron chi connectivity index (χ3n) is 8.90. The first-order chi connectivity index (χ1) is 25.1. The Kier molecular flexibility index (Phi) is 11.4. The van der Waals surface area contributed by atoms with Gasteiger partial charge in [-0.3, -0.25) is 0 Å². The van der Waals surface area contributed by atoms with Crippen molar-refractivity contribution in [1.82, 2.24) is 0 Å². The van der Waals surface area contributed by atoms with Gasteiger partial charge in [-0.15, -0.1) is 0 Å². The maximum atomic E-state index is 9.07. The van der Waals surface area contributed by atoms with Crippen LogP contribution in [0.15, 0.2) is 207 Å². The molecule has 248 valence electrons. The van der Waals surface area contributed by atoms with E-state index in [9.17, 15) is 0 Å². The van der Waals surface area contributed by atoms with Gasteiger partial charge in [0, 0.05) is 11.6 Å². The highest BCUT2D eigenvalue weighted by Crippen LogP contribution is 2.38. The summed E-state index contributed by atoms with van der Waals surface area (Å²) < 4.78 is 0. The van der Waals surface area contributed by atoms with E-state index in [1.54, 1.807) is 6.08 Å². The first-order valence-corrected chi connectivity index (χ1v) is 17.3. The molecule has 0 aliphatic heterocycles. The van der Waals surface area contributed by atoms with E-state index in [0.29, 0.717) is 5.71 Å². The molecule has 1 atom stereocenters. The molecule has 6 aromatic carbocycles. The molecule has 0 fully saturated rings. The highest BCUT2D eigenvalue weighted by atomic mass is 14.6. The van der Waals surface area contributed by atoms with Crippen LogP contribution >= 0.6 is 0 Å². The highest BCUT2D eigenvalue weighted by Gasteiger charge is 2.14. The van der Waals surface area contributed by atoms with Gasteiger partial charge in [0.15, 0.2) is 0 Å². The molecular formula is C49H42N2. The largest absolute Gasteiger partial charge is 0.321 e. The summed E-state index contributed by atoms with van der Waals surface area (Å²) in [6.45, 7) is 5.90. The van der Waals surface area contributed by atoms with Gasteiger partial charge in [0.2, 0.25) is 0 Å². The van der Waals surface area contributed by atoms with Crippen molar-refractivity contribution in [3.05, 3.63) is 224 Å². The predicted molar refractivity (Wildman–Crippen MR) is 222 cm³/mol. The molecule has 0 radical (unpaired) electrons. The fraction of sp³-hybridized carbons (Fsp3) is 0.0408. The first-order valence-electron chi connectivity index (χ1n) is 17.3. The summed E-state index contributed by atoms with van der Waals surface area (Å²) in [7, 11) is 0. The third-order valence-corrected chi connectivity index (χ3v) is 8.90. The topological polar surface area (TPSA) is 49.9 Å². The van der Waals surface area contributed by atoms with Gasteiger partial charge in [-0.1, -0.05) is 177 Å². The Morgan fingerprint density at radius 2 is 1.18 bits per heavy atom. The molecular weight excluding hydrogens is 617 g/mol. The molecule has 0 heterocycles. The van der Waals surface area contributed by atoms with Gasteiger partial charge in [0.05, 0.1) is 5.71 Å². The lowest BCUT2D eigenvalue weighted by Gasteiger charge is -2.15. The minimum atomic E-state index is -0.188. The van der Waals surface area contributed by atoms with E-state index >= 15 is 0 Å². The normalized spacial score (nSPS) is 13.1. The zero-order valence-corrected chi connectivity index (χ0v) is 28.9. The van der Waals surface area contributed by atoms with E-state index in [2.05, 4.69) is 128 Å². The zero-order valence-electron chi connectivity index (χ0n) is 28.9. The van der Waals surface area contributed by atoms with Crippen LogP contribution in [0.25, 0.3) is 49.4 Å². The third kappa shape index (κ3) is 8.45. The average Bonchev–Trinajstić information content (AvgIpc) is 3.18. The van der Waals surface area contributed by atoms with Crippen LogP contribution in [0.1, 0.15) is 29.7 Å². The lowest BCUT2D eigenvalue weighted by Crippen LogP contribution is -2.06. The van der Waals surface area contributed by atoms with Crippen molar-refractivity contribution in [3.63, 3.8) is 0 Å². The maximum absolute atomic E-state index is 9.07. The molecule has 1 unspecified atom stereocenters. The molecule has 51 heavy (non-hydrogen) atoms. The standard InChI is InChI=1S/C49H42N2/c1-3-5-19-36(4-2)42-33-43(35-44(34-42)49-45-24-17-15-22-40(45)32-41-23-16-18-25-46(41)49)48(51)27-14-9-7-6-8-13-26-47(50)39-30-28-38(29-31-39)37-20-11-10-12-21-37/h3-35,47,51H,1,50H2,2H3/b8-6-,9-7+,19-5-,26-13-,27-14-,36-4+,51-48?. The van der Waals surface area contributed by atoms with Crippen LogP contribution < -0.4 is 5.73 Å². The molecule has 0 bridgehead atoms. The van der Waals surface area contributed by atoms with Crippen LogP contribution in [-0.4, -0.2) is 5.71 Å². The number of hydrogen-bond donors (Lipinski definition) is 2. The summed E-state index contributed by atoms with van der Waals surface area (Å²) in [6, 6.07) is 44.3. The lowest BCUT2D eigenvalue weighted by atomic mass is 9.88. The van der Waals surface area contributed by atoms with Gasteiger partial charge in [0.1, 0.15) is 0 Å². The molecule has 0 saturated carbocycles. The fourth-order valence-electron chi connectivity index (χ4n) is 6.28. The summed E-state index contributed by atoms with van der Waals surface area (Å²) in [5.74, 6) is 0. The van der Waals surface area contributed by atoms with Crippen molar-refractivity contribution in [3.8, 4) is 22.3 Å². The number of rotatable bonds is 12. The van der Waals surface area contributed by atoms with Crippen molar-refractivity contribution >= 4 is 32.8 Å². The Labute approximate surface area is 301 Å². The summed E-state index contributed by atoms with van der Waals surface area (Å²) in [5, 5.41) is 13.8. The van der Waals surface area contributed by atoms with Crippen LogP contribution in [0.4, 0.5) is 0 Å². The van der Waals surface area contributed by atoms with Gasteiger partial charge in [-0.05, 0) is 97.8 Å². The molecule has 0 aliphatic carbocycles. The summed E-state index contributed by atoms with van der Waals surface area (Å²) in [5.41, 5.74) is 15.5. The smallest absolute Gasteiger partial charge is 0.0612 e. The van der Waals surface area contributed by atoms with E-state index in [0.717, 1.165) is 27.8 Å². The molecule has 2 nitrogen and oxygen atoms in total. The number of benzene rings is 6. The number of nitrogens with two attached hydrogens (primary N) is 1. The second-order valence-electron chi connectivity index (χ2n) is 12.3. The van der Waals surface area contributed by atoms with E-state index in [-0.39, 0.29) is 6.04 Å². The van der Waals surface area contributed by atoms with Crippen LogP contribution in [0, 0.1) is 5.41 Å². The van der Waals surface area contributed by atoms with Gasteiger partial charge in [-0.2, -0.15) is 0 Å². The average molecular weight is 659 g/mol. The molecule has 6 rings (SSSR count). The summed E-state index contributed by atoms with van der Waals surface area (Å²) >= 11 is 0. The molecule has 2 heteroatoms. The Morgan fingerprint density at radius 3 is 1.84 bits per heavy atom. The summed E-state index contributed by atoms with van der Waals surface area (Å²) in [6.07, 6.45) is 23.4. The Hall–Kier alpha value is -6.35. The van der Waals surface area contributed by atoms with Crippen molar-refractivity contribution in [2.45, 2.75) is 13.0 Å². The quantitative estimate of drug-likeness (QED) is 0.0767. The fourth-order valence-corrected chi connectivity index (χ4v) is 6.28. The Morgan fingerprint density at radius 1 is 0.588 bits per heavy atom. The van der Waals surface area contributed by atoms with E-state index in [4.69, 9.17) is 11.1 Å².